The van der Waals surface area contributed by atoms with Crippen LogP contribution in [0, 0.1) is 0 Å². The molecule has 20 heavy (non-hydrogen) atoms. The van der Waals surface area contributed by atoms with Crippen LogP contribution in [0.15, 0.2) is 30.3 Å². The largest absolute Gasteiger partial charge is 0.325 e. The number of nitrogens with zero attached hydrogens (tertiary/aromatic N) is 1. The van der Waals surface area contributed by atoms with Gasteiger partial charge < -0.3 is 10.2 Å². The minimum Gasteiger partial charge on any atom is -0.325 e. The van der Waals surface area contributed by atoms with Crippen molar-refractivity contribution in [3.63, 3.8) is 0 Å². The van der Waals surface area contributed by atoms with Crippen molar-refractivity contribution in [3.8, 4) is 0 Å². The molecular weight excluding hydrogens is 254 g/mol. The number of hydrogen-bond donors (Lipinski definition) is 2. The van der Waals surface area contributed by atoms with Gasteiger partial charge in [0.1, 0.15) is 0 Å². The van der Waals surface area contributed by atoms with Crippen LogP contribution in [0.4, 0.5) is 4.79 Å². The summed E-state index contributed by atoms with van der Waals surface area (Å²) in [6.45, 7) is 4.29. The van der Waals surface area contributed by atoms with Crippen molar-refractivity contribution in [1.29, 1.82) is 0 Å². The number of nitrogens with one attached hydrogen (secondary N) is 2. The predicted molar refractivity (Wildman–Crippen MR) is 77.9 cm³/mol. The van der Waals surface area contributed by atoms with Crippen molar-refractivity contribution >= 4 is 6.03 Å². The Morgan fingerprint density at radius 2 is 1.95 bits per heavy atom. The molecule has 1 atom stereocenters. The molecule has 5 nitrogen and oxygen atoms in total. The molecule has 0 aromatic heterocycles. The Kier molecular flexibility index (Phi) is 5.83. The van der Waals surface area contributed by atoms with Gasteiger partial charge in [-0.2, -0.15) is 5.48 Å². The summed E-state index contributed by atoms with van der Waals surface area (Å²) in [5.74, 6) is 0. The molecule has 0 spiro atoms. The van der Waals surface area contributed by atoms with Crippen molar-refractivity contribution in [2.75, 3.05) is 19.6 Å². The van der Waals surface area contributed by atoms with Gasteiger partial charge in [-0.3, -0.25) is 4.84 Å². The third-order valence-electron chi connectivity index (χ3n) is 3.35. The molecule has 0 saturated carbocycles. The number of likely N-dealkylation sites (tertiary alicyclic amines) is 1. The van der Waals surface area contributed by atoms with Gasteiger partial charge in [0.2, 0.25) is 0 Å². The van der Waals surface area contributed by atoms with Crippen LogP contribution in [0.25, 0.3) is 0 Å². The van der Waals surface area contributed by atoms with Crippen LogP contribution in [0.5, 0.6) is 0 Å². The fourth-order valence-corrected chi connectivity index (χ4v) is 2.28. The molecule has 1 aromatic rings. The molecular formula is C15H23N3O2. The molecule has 0 bridgehead atoms. The highest BCUT2D eigenvalue weighted by atomic mass is 16.7. The molecule has 1 aliphatic rings. The molecule has 0 aliphatic carbocycles. The molecule has 1 saturated heterocycles. The Bertz CT molecular complexity index is 405. The van der Waals surface area contributed by atoms with Gasteiger partial charge in [0.05, 0.1) is 0 Å². The topological polar surface area (TPSA) is 53.6 Å². The molecule has 0 radical (unpaired) electrons. The molecule has 2 rings (SSSR count). The number of amides is 2. The highest BCUT2D eigenvalue weighted by Crippen LogP contribution is 2.15. The minimum atomic E-state index is -0.467. The van der Waals surface area contributed by atoms with Gasteiger partial charge in [-0.05, 0) is 19.3 Å². The van der Waals surface area contributed by atoms with Gasteiger partial charge in [-0.25, -0.2) is 4.79 Å². The summed E-state index contributed by atoms with van der Waals surface area (Å²) in [7, 11) is 0. The van der Waals surface area contributed by atoms with E-state index in [1.54, 1.807) is 0 Å². The minimum absolute atomic E-state index is 0.0588. The number of carbonyl (C=O) groups excluding carboxylic acids is 1. The molecule has 5 heteroatoms. The average molecular weight is 277 g/mol. The van der Waals surface area contributed by atoms with E-state index in [4.69, 9.17) is 4.84 Å². The van der Waals surface area contributed by atoms with Gasteiger partial charge >= 0.3 is 6.03 Å². The normalized spacial score (nSPS) is 16.8. The zero-order valence-corrected chi connectivity index (χ0v) is 12.0. The van der Waals surface area contributed by atoms with E-state index < -0.39 is 6.23 Å². The lowest BCUT2D eigenvalue weighted by atomic mass is 10.1. The quantitative estimate of drug-likeness (QED) is 0.642. The van der Waals surface area contributed by atoms with Crippen molar-refractivity contribution in [2.24, 2.45) is 0 Å². The summed E-state index contributed by atoms with van der Waals surface area (Å²) in [4.78, 5) is 19.6. The summed E-state index contributed by atoms with van der Waals surface area (Å²) < 4.78 is 0. The first kappa shape index (κ1) is 14.8. The number of benzene rings is 1. The highest BCUT2D eigenvalue weighted by Gasteiger charge is 2.21. The van der Waals surface area contributed by atoms with E-state index >= 15 is 0 Å². The van der Waals surface area contributed by atoms with Crippen LogP contribution in [0.2, 0.25) is 0 Å². The third kappa shape index (κ3) is 4.21. The number of hydroxylamine groups is 1. The van der Waals surface area contributed by atoms with E-state index in [1.807, 2.05) is 42.2 Å². The molecule has 2 amide bonds. The van der Waals surface area contributed by atoms with E-state index in [9.17, 15) is 4.79 Å². The Hall–Kier alpha value is -1.59. The Morgan fingerprint density at radius 1 is 1.25 bits per heavy atom. The van der Waals surface area contributed by atoms with Crippen molar-refractivity contribution in [1.82, 2.24) is 15.7 Å². The van der Waals surface area contributed by atoms with E-state index in [-0.39, 0.29) is 6.03 Å². The van der Waals surface area contributed by atoms with Crippen LogP contribution in [-0.2, 0) is 4.84 Å². The van der Waals surface area contributed by atoms with Gasteiger partial charge in [0, 0.05) is 25.2 Å². The Labute approximate surface area is 120 Å². The zero-order valence-electron chi connectivity index (χ0n) is 12.0. The second kappa shape index (κ2) is 7.87. The van der Waals surface area contributed by atoms with E-state index in [0.717, 1.165) is 31.5 Å². The van der Waals surface area contributed by atoms with Gasteiger partial charge in [-0.1, -0.05) is 37.3 Å². The van der Waals surface area contributed by atoms with Crippen molar-refractivity contribution < 1.29 is 9.63 Å². The number of urea groups is 1. The molecule has 1 aromatic carbocycles. The van der Waals surface area contributed by atoms with Crippen LogP contribution in [0.3, 0.4) is 0 Å². The lowest BCUT2D eigenvalue weighted by Gasteiger charge is -2.29. The van der Waals surface area contributed by atoms with Crippen LogP contribution < -0.4 is 10.8 Å². The summed E-state index contributed by atoms with van der Waals surface area (Å²) in [5, 5.41) is 2.94. The Morgan fingerprint density at radius 3 is 2.60 bits per heavy atom. The maximum Gasteiger partial charge on any atom is 0.319 e. The fourth-order valence-electron chi connectivity index (χ4n) is 2.28. The van der Waals surface area contributed by atoms with E-state index in [1.165, 1.54) is 6.42 Å². The standard InChI is InChI=1S/C15H23N3O2/c1-2-16-20-14(13-9-5-3-6-10-13)17-15(19)18-11-7-4-8-12-18/h3,5-6,9-10,14,16H,2,4,7-8,11-12H2,1H3,(H,17,19). The Balaban J connectivity index is 1.97. The number of hydrogen-bond acceptors (Lipinski definition) is 3. The molecule has 1 aliphatic heterocycles. The van der Waals surface area contributed by atoms with Gasteiger partial charge in [-0.15, -0.1) is 0 Å². The number of carbonyl (C=O) groups is 1. The first-order chi connectivity index (χ1) is 9.81. The molecule has 2 N–H and O–H groups in total. The lowest BCUT2D eigenvalue weighted by Crippen LogP contribution is -2.45. The van der Waals surface area contributed by atoms with Crippen molar-refractivity contribution in [2.45, 2.75) is 32.4 Å². The first-order valence-corrected chi connectivity index (χ1v) is 7.30. The summed E-state index contributed by atoms with van der Waals surface area (Å²) >= 11 is 0. The maximum atomic E-state index is 12.3. The number of piperidine rings is 1. The van der Waals surface area contributed by atoms with Gasteiger partial charge in [0.25, 0.3) is 0 Å². The highest BCUT2D eigenvalue weighted by molar-refractivity contribution is 5.74. The monoisotopic (exact) mass is 277 g/mol. The predicted octanol–water partition coefficient (Wildman–Crippen LogP) is 2.42. The van der Waals surface area contributed by atoms with Crippen molar-refractivity contribution in [3.05, 3.63) is 35.9 Å². The summed E-state index contributed by atoms with van der Waals surface area (Å²) in [5.41, 5.74) is 3.75. The first-order valence-electron chi connectivity index (χ1n) is 7.30. The second-order valence-electron chi connectivity index (χ2n) is 4.90. The fraction of sp³-hybridized carbons (Fsp3) is 0.533. The molecule has 1 unspecified atom stereocenters. The maximum absolute atomic E-state index is 12.3. The SMILES string of the molecule is CCNOC(NC(=O)N1CCCCC1)c1ccccc1. The lowest BCUT2D eigenvalue weighted by molar-refractivity contribution is -0.0381. The molecule has 110 valence electrons. The smallest absolute Gasteiger partial charge is 0.319 e. The summed E-state index contributed by atoms with van der Waals surface area (Å²) in [6, 6.07) is 9.64. The summed E-state index contributed by atoms with van der Waals surface area (Å²) in [6.07, 6.45) is 2.90. The van der Waals surface area contributed by atoms with E-state index in [2.05, 4.69) is 10.8 Å². The molecule has 1 heterocycles. The van der Waals surface area contributed by atoms with E-state index in [0.29, 0.717) is 6.54 Å². The number of rotatable bonds is 5. The van der Waals surface area contributed by atoms with Crippen LogP contribution in [-0.4, -0.2) is 30.6 Å². The van der Waals surface area contributed by atoms with Gasteiger partial charge in [0.15, 0.2) is 6.23 Å². The second-order valence-corrected chi connectivity index (χ2v) is 4.90. The molecule has 1 fully saturated rings. The van der Waals surface area contributed by atoms with Crippen LogP contribution >= 0.6 is 0 Å². The zero-order chi connectivity index (χ0) is 14.2. The van der Waals surface area contributed by atoms with Crippen LogP contribution in [0.1, 0.15) is 38.0 Å². The average Bonchev–Trinajstić information content (AvgIpc) is 2.53. The third-order valence-corrected chi connectivity index (χ3v) is 3.35.